The van der Waals surface area contributed by atoms with Crippen molar-refractivity contribution in [1.82, 2.24) is 0 Å². The summed E-state index contributed by atoms with van der Waals surface area (Å²) in [7, 11) is -7.07. The average Bonchev–Trinajstić information content (AvgIpc) is 2.96. The third-order valence-corrected chi connectivity index (χ3v) is 10.8. The molecule has 0 N–H and O–H groups in total. The maximum absolute atomic E-state index is 12.3. The Morgan fingerprint density at radius 2 is 0.952 bits per heavy atom. The molecule has 0 unspecified atom stereocenters. The summed E-state index contributed by atoms with van der Waals surface area (Å²) in [6.45, 7) is 7.09. The lowest BCUT2D eigenvalue weighted by molar-refractivity contribution is 0.0421. The lowest BCUT2D eigenvalue weighted by Crippen LogP contribution is -2.15. The van der Waals surface area contributed by atoms with Gasteiger partial charge in [0.25, 0.3) is 10.1 Å². The zero-order valence-electron chi connectivity index (χ0n) is 24.5. The fraction of sp³-hybridized carbons (Fsp3) is 0.586. The molecule has 13 heteroatoms. The van der Waals surface area contributed by atoms with Crippen LogP contribution in [0.4, 0.5) is 0 Å². The highest BCUT2D eigenvalue weighted by Gasteiger charge is 2.15. The Hall–Kier alpha value is -1.16. The van der Waals surface area contributed by atoms with E-state index in [-0.39, 0.29) is 30.5 Å². The summed E-state index contributed by atoms with van der Waals surface area (Å²) in [6, 6.07) is 13.4. The number of thioether (sulfide) groups is 2. The van der Waals surface area contributed by atoms with E-state index >= 15 is 0 Å². The Kier molecular flexibility index (Phi) is 19.0. The van der Waals surface area contributed by atoms with Crippen LogP contribution in [0.5, 0.6) is 0 Å². The molecule has 0 aliphatic heterocycles. The van der Waals surface area contributed by atoms with E-state index in [9.17, 15) is 16.8 Å². The fourth-order valence-corrected chi connectivity index (χ4v) is 7.13. The van der Waals surface area contributed by atoms with Crippen LogP contribution in [-0.2, 0) is 43.1 Å². The normalized spacial score (nSPS) is 12.1. The van der Waals surface area contributed by atoms with Crippen molar-refractivity contribution in [2.24, 2.45) is 0 Å². The van der Waals surface area contributed by atoms with Crippen LogP contribution in [0, 0.1) is 13.8 Å². The molecule has 0 aliphatic carbocycles. The van der Waals surface area contributed by atoms with E-state index in [0.29, 0.717) is 44.5 Å². The van der Waals surface area contributed by atoms with Crippen LogP contribution in [0.1, 0.15) is 17.5 Å². The largest absolute Gasteiger partial charge is 0.378 e. The summed E-state index contributed by atoms with van der Waals surface area (Å²) in [5.41, 5.74) is 2.01. The second kappa shape index (κ2) is 21.5. The first-order chi connectivity index (χ1) is 20.2. The second-order valence-electron chi connectivity index (χ2n) is 9.25. The van der Waals surface area contributed by atoms with Crippen molar-refractivity contribution in [1.29, 1.82) is 0 Å². The van der Waals surface area contributed by atoms with Crippen molar-refractivity contribution in [3.8, 4) is 0 Å². The smallest absolute Gasteiger partial charge is 0.297 e. The summed E-state index contributed by atoms with van der Waals surface area (Å²) >= 11 is 3.70. The topological polar surface area (TPSA) is 114 Å². The van der Waals surface area contributed by atoms with Crippen molar-refractivity contribution in [3.63, 3.8) is 0 Å². The molecule has 0 bridgehead atoms. The molecule has 0 aromatic heterocycles. The first-order valence-electron chi connectivity index (χ1n) is 13.9. The molecule has 0 radical (unpaired) electrons. The molecule has 42 heavy (non-hydrogen) atoms. The van der Waals surface area contributed by atoms with E-state index in [1.165, 1.54) is 12.1 Å². The van der Waals surface area contributed by atoms with Crippen LogP contribution in [-0.4, -0.2) is 105 Å². The van der Waals surface area contributed by atoms with Crippen molar-refractivity contribution in [2.75, 3.05) is 88.2 Å². The third kappa shape index (κ3) is 16.6. The van der Waals surface area contributed by atoms with Gasteiger partial charge in [-0.3, -0.25) is 4.18 Å². The van der Waals surface area contributed by atoms with Crippen LogP contribution < -0.4 is 0 Å². The average molecular weight is 665 g/mol. The monoisotopic (exact) mass is 664 g/mol. The molecule has 0 heterocycles. The third-order valence-electron chi connectivity index (χ3n) is 5.72. The molecule has 2 rings (SSSR count). The summed E-state index contributed by atoms with van der Waals surface area (Å²) < 4.78 is 75.6. The summed E-state index contributed by atoms with van der Waals surface area (Å²) in [5, 5.41) is 0. The molecule has 2 aromatic rings. The SMILES string of the molecule is Cc1ccc(S(=O)(=O)CCOCCOCCSCCCSCCOCCOCCOS(=O)(=O)c2ccc(C)cc2)cc1. The second-order valence-corrected chi connectivity index (χ2v) is 15.4. The highest BCUT2D eigenvalue weighted by Crippen LogP contribution is 2.14. The molecule has 238 valence electrons. The molecule has 0 atom stereocenters. The number of sulfone groups is 1. The van der Waals surface area contributed by atoms with Crippen molar-refractivity contribution in [2.45, 2.75) is 30.1 Å². The molecule has 0 amide bonds. The lowest BCUT2D eigenvalue weighted by atomic mass is 10.2. The van der Waals surface area contributed by atoms with Gasteiger partial charge in [0.2, 0.25) is 0 Å². The highest BCUT2D eigenvalue weighted by molar-refractivity contribution is 8.00. The number of ether oxygens (including phenoxy) is 4. The van der Waals surface area contributed by atoms with Gasteiger partial charge in [-0.05, 0) is 56.0 Å². The van der Waals surface area contributed by atoms with E-state index < -0.39 is 20.0 Å². The molecule has 0 spiro atoms. The Morgan fingerprint density at radius 1 is 0.524 bits per heavy atom. The minimum absolute atomic E-state index is 0.0335. The van der Waals surface area contributed by atoms with E-state index in [4.69, 9.17) is 23.1 Å². The summed E-state index contributed by atoms with van der Waals surface area (Å²) in [4.78, 5) is 0.469. The minimum atomic E-state index is -3.76. The van der Waals surface area contributed by atoms with E-state index in [1.807, 2.05) is 37.4 Å². The Bertz CT molecular complexity index is 1090. The summed E-state index contributed by atoms with van der Waals surface area (Å²) in [5.74, 6) is 3.93. The molecule has 9 nitrogen and oxygen atoms in total. The van der Waals surface area contributed by atoms with E-state index in [0.717, 1.165) is 40.6 Å². The molecule has 2 aromatic carbocycles. The van der Waals surface area contributed by atoms with Gasteiger partial charge in [0.15, 0.2) is 9.84 Å². The van der Waals surface area contributed by atoms with Gasteiger partial charge in [-0.25, -0.2) is 8.42 Å². The molecule has 0 aliphatic rings. The molecular formula is C29H44O9S4. The van der Waals surface area contributed by atoms with Gasteiger partial charge in [0.05, 0.1) is 75.0 Å². The number of benzene rings is 2. The number of hydrogen-bond acceptors (Lipinski definition) is 11. The van der Waals surface area contributed by atoms with E-state index in [1.54, 1.807) is 36.4 Å². The maximum Gasteiger partial charge on any atom is 0.297 e. The van der Waals surface area contributed by atoms with Gasteiger partial charge in [-0.15, -0.1) is 0 Å². The first kappa shape index (κ1) is 37.0. The maximum atomic E-state index is 12.3. The fourth-order valence-electron chi connectivity index (χ4n) is 3.35. The Morgan fingerprint density at radius 3 is 1.48 bits per heavy atom. The standard InChI is InChI=1S/C29H44O9S4/c1-26-4-8-28(9-5-26)41(30,31)25-20-37-15-14-36-19-24-40-22-3-21-39-23-18-35-13-12-34-16-17-38-42(32,33)29-10-6-27(2)7-11-29/h4-11H,3,12-25H2,1-2H3. The van der Waals surface area contributed by atoms with Gasteiger partial charge in [0, 0.05) is 11.5 Å². The highest BCUT2D eigenvalue weighted by atomic mass is 32.2. The van der Waals surface area contributed by atoms with Gasteiger partial charge in [0.1, 0.15) is 0 Å². The lowest BCUT2D eigenvalue weighted by Gasteiger charge is -2.08. The van der Waals surface area contributed by atoms with E-state index in [2.05, 4.69) is 0 Å². The van der Waals surface area contributed by atoms with Gasteiger partial charge in [-0.2, -0.15) is 31.9 Å². The minimum Gasteiger partial charge on any atom is -0.378 e. The zero-order chi connectivity index (χ0) is 30.5. The van der Waals surface area contributed by atoms with Crippen molar-refractivity contribution >= 4 is 43.5 Å². The zero-order valence-corrected chi connectivity index (χ0v) is 27.8. The molecule has 0 saturated heterocycles. The molecule has 0 saturated carbocycles. The van der Waals surface area contributed by atoms with Crippen LogP contribution in [0.2, 0.25) is 0 Å². The van der Waals surface area contributed by atoms with Gasteiger partial charge in [-0.1, -0.05) is 35.4 Å². The molecular weight excluding hydrogens is 621 g/mol. The van der Waals surface area contributed by atoms with Crippen molar-refractivity contribution < 1.29 is 40.0 Å². The van der Waals surface area contributed by atoms with Crippen LogP contribution in [0.15, 0.2) is 58.3 Å². The van der Waals surface area contributed by atoms with Gasteiger partial charge < -0.3 is 18.9 Å². The number of aryl methyl sites for hydroxylation is 2. The summed E-state index contributed by atoms with van der Waals surface area (Å²) in [6.07, 6.45) is 1.11. The van der Waals surface area contributed by atoms with Gasteiger partial charge >= 0.3 is 0 Å². The number of rotatable bonds is 25. The molecule has 0 fully saturated rings. The number of hydrogen-bond donors (Lipinski definition) is 0. The van der Waals surface area contributed by atoms with Crippen molar-refractivity contribution in [3.05, 3.63) is 59.7 Å². The first-order valence-corrected chi connectivity index (χ1v) is 19.3. The van der Waals surface area contributed by atoms with Crippen LogP contribution in [0.25, 0.3) is 0 Å². The quantitative estimate of drug-likeness (QED) is 0.111. The van der Waals surface area contributed by atoms with Crippen LogP contribution >= 0.6 is 23.5 Å². The Balaban J connectivity index is 1.28. The predicted molar refractivity (Wildman–Crippen MR) is 170 cm³/mol. The predicted octanol–water partition coefficient (Wildman–Crippen LogP) is 4.41. The Labute approximate surface area is 260 Å². The van der Waals surface area contributed by atoms with Crippen LogP contribution in [0.3, 0.4) is 0 Å².